The molecule has 6 nitrogen and oxygen atoms in total. The Morgan fingerprint density at radius 1 is 0.923 bits per heavy atom. The van der Waals surface area contributed by atoms with E-state index in [9.17, 15) is 26.4 Å². The Hall–Kier alpha value is -4.02. The maximum Gasteiger partial charge on any atom is 0.417 e. The van der Waals surface area contributed by atoms with Crippen molar-refractivity contribution in [1.82, 2.24) is 0 Å². The van der Waals surface area contributed by atoms with E-state index in [1.807, 2.05) is 0 Å². The molecular formula is C28H22ClF3N2O4S. The first-order chi connectivity index (χ1) is 18.5. The fraction of sp³-hybridized carbons (Fsp3) is 0.107. The number of anilines is 2. The van der Waals surface area contributed by atoms with Crippen LogP contribution in [0.5, 0.6) is 5.75 Å². The molecule has 0 aliphatic rings. The number of sulfonamides is 1. The number of nitrogens with zero attached hydrogens (tertiary/aromatic N) is 1. The predicted molar refractivity (Wildman–Crippen MR) is 144 cm³/mol. The minimum atomic E-state index is -4.73. The fourth-order valence-electron chi connectivity index (χ4n) is 3.83. The number of carbonyl (C=O) groups excluding carboxylic acids is 1. The van der Waals surface area contributed by atoms with Crippen LogP contribution < -0.4 is 14.4 Å². The van der Waals surface area contributed by atoms with Crippen LogP contribution in [0.15, 0.2) is 102 Å². The zero-order valence-corrected chi connectivity index (χ0v) is 22.0. The first kappa shape index (κ1) is 28.0. The number of methoxy groups -OCH3 is 1. The molecule has 39 heavy (non-hydrogen) atoms. The lowest BCUT2D eigenvalue weighted by molar-refractivity contribution is -0.137. The van der Waals surface area contributed by atoms with Crippen LogP contribution in [0.4, 0.5) is 24.5 Å². The number of hydrogen-bond donors (Lipinski definition) is 1. The van der Waals surface area contributed by atoms with Crippen molar-refractivity contribution in [3.63, 3.8) is 0 Å². The molecule has 4 aromatic carbocycles. The lowest BCUT2D eigenvalue weighted by atomic mass is 10.1. The number of halogens is 4. The molecule has 0 aromatic heterocycles. The van der Waals surface area contributed by atoms with Crippen LogP contribution in [0.3, 0.4) is 0 Å². The highest BCUT2D eigenvalue weighted by Gasteiger charge is 2.34. The summed E-state index contributed by atoms with van der Waals surface area (Å²) in [5, 5.41) is 1.91. The third-order valence-corrected chi connectivity index (χ3v) is 7.87. The quantitative estimate of drug-likeness (QED) is 0.245. The summed E-state index contributed by atoms with van der Waals surface area (Å²) in [5.74, 6) is -0.339. The van der Waals surface area contributed by atoms with E-state index in [4.69, 9.17) is 16.3 Å². The fourth-order valence-corrected chi connectivity index (χ4v) is 5.52. The van der Waals surface area contributed by atoms with Gasteiger partial charge in [0.2, 0.25) is 0 Å². The normalized spacial score (nSPS) is 11.6. The third-order valence-electron chi connectivity index (χ3n) is 5.76. The Morgan fingerprint density at radius 3 is 2.21 bits per heavy atom. The lowest BCUT2D eigenvalue weighted by Gasteiger charge is -2.27. The summed E-state index contributed by atoms with van der Waals surface area (Å²) in [4.78, 5) is 13.3. The highest BCUT2D eigenvalue weighted by molar-refractivity contribution is 7.92. The van der Waals surface area contributed by atoms with Crippen molar-refractivity contribution in [3.8, 4) is 5.75 Å². The third kappa shape index (κ3) is 6.35. The Balaban J connectivity index is 1.77. The van der Waals surface area contributed by atoms with Crippen molar-refractivity contribution in [2.24, 2.45) is 0 Å². The average Bonchev–Trinajstić information content (AvgIpc) is 2.92. The van der Waals surface area contributed by atoms with Crippen molar-refractivity contribution in [3.05, 3.63) is 119 Å². The van der Waals surface area contributed by atoms with Gasteiger partial charge < -0.3 is 10.1 Å². The van der Waals surface area contributed by atoms with Gasteiger partial charge in [0.25, 0.3) is 15.9 Å². The van der Waals surface area contributed by atoms with Crippen LogP contribution in [-0.4, -0.2) is 21.4 Å². The van der Waals surface area contributed by atoms with Gasteiger partial charge in [0.15, 0.2) is 0 Å². The van der Waals surface area contributed by atoms with Crippen molar-refractivity contribution in [2.75, 3.05) is 16.7 Å². The van der Waals surface area contributed by atoms with E-state index in [2.05, 4.69) is 5.32 Å². The second-order valence-electron chi connectivity index (χ2n) is 8.34. The van der Waals surface area contributed by atoms with E-state index >= 15 is 0 Å². The number of alkyl halides is 3. The molecule has 0 saturated carbocycles. The Labute approximate surface area is 228 Å². The smallest absolute Gasteiger partial charge is 0.417 e. The molecule has 0 bridgehead atoms. The van der Waals surface area contributed by atoms with Crippen LogP contribution in [0.25, 0.3) is 0 Å². The molecule has 0 spiro atoms. The van der Waals surface area contributed by atoms with Gasteiger partial charge in [-0.25, -0.2) is 8.42 Å². The largest absolute Gasteiger partial charge is 0.497 e. The van der Waals surface area contributed by atoms with E-state index in [0.717, 1.165) is 16.4 Å². The summed E-state index contributed by atoms with van der Waals surface area (Å²) >= 11 is 5.69. The number of hydrogen-bond acceptors (Lipinski definition) is 4. The van der Waals surface area contributed by atoms with E-state index < -0.39 is 32.7 Å². The Morgan fingerprint density at radius 2 is 1.56 bits per heavy atom. The van der Waals surface area contributed by atoms with Crippen molar-refractivity contribution in [2.45, 2.75) is 17.6 Å². The first-order valence-corrected chi connectivity index (χ1v) is 13.3. The van der Waals surface area contributed by atoms with Crippen LogP contribution in [0.1, 0.15) is 21.5 Å². The Kier molecular flexibility index (Phi) is 8.17. The molecule has 4 aromatic rings. The molecule has 1 amide bonds. The second-order valence-corrected chi connectivity index (χ2v) is 10.6. The highest BCUT2D eigenvalue weighted by atomic mass is 35.5. The van der Waals surface area contributed by atoms with Crippen LogP contribution >= 0.6 is 11.6 Å². The predicted octanol–water partition coefficient (Wildman–Crippen LogP) is 7.02. The molecule has 0 heterocycles. The van der Waals surface area contributed by atoms with Crippen LogP contribution in [-0.2, 0) is 22.7 Å². The molecule has 202 valence electrons. The summed E-state index contributed by atoms with van der Waals surface area (Å²) in [5.41, 5.74) is -0.631. The van der Waals surface area contributed by atoms with Gasteiger partial charge in [0.05, 0.1) is 40.4 Å². The topological polar surface area (TPSA) is 75.7 Å². The molecule has 4 rings (SSSR count). The number of rotatable bonds is 8. The van der Waals surface area contributed by atoms with E-state index in [-0.39, 0.29) is 28.4 Å². The van der Waals surface area contributed by atoms with Crippen LogP contribution in [0, 0.1) is 0 Å². The number of nitrogens with one attached hydrogen (secondary N) is 1. The molecule has 0 saturated heterocycles. The van der Waals surface area contributed by atoms with Gasteiger partial charge >= 0.3 is 6.18 Å². The number of carbonyl (C=O) groups is 1. The number of para-hydroxylation sites is 1. The van der Waals surface area contributed by atoms with Gasteiger partial charge in [-0.15, -0.1) is 0 Å². The van der Waals surface area contributed by atoms with Gasteiger partial charge in [0, 0.05) is 5.69 Å². The van der Waals surface area contributed by atoms with Crippen molar-refractivity contribution >= 4 is 38.9 Å². The first-order valence-electron chi connectivity index (χ1n) is 11.5. The zero-order valence-electron chi connectivity index (χ0n) is 20.4. The molecule has 0 fully saturated rings. The number of amides is 1. The van der Waals surface area contributed by atoms with E-state index in [1.165, 1.54) is 55.6 Å². The molecule has 1 N–H and O–H groups in total. The van der Waals surface area contributed by atoms with Gasteiger partial charge in [-0.05, 0) is 60.2 Å². The zero-order chi connectivity index (χ0) is 28.2. The molecule has 0 atom stereocenters. The molecule has 0 aliphatic heterocycles. The van der Waals surface area contributed by atoms with Crippen LogP contribution in [0.2, 0.25) is 5.02 Å². The summed E-state index contributed by atoms with van der Waals surface area (Å²) < 4.78 is 73.9. The lowest BCUT2D eigenvalue weighted by Crippen LogP contribution is -2.32. The minimum Gasteiger partial charge on any atom is -0.497 e. The second kappa shape index (κ2) is 11.4. The molecule has 0 radical (unpaired) electrons. The van der Waals surface area contributed by atoms with E-state index in [0.29, 0.717) is 11.3 Å². The van der Waals surface area contributed by atoms with Gasteiger partial charge in [-0.1, -0.05) is 54.1 Å². The standard InChI is InChI=1S/C28H22ClF3N2O4S/c1-38-21-12-14-22(15-13-21)39(36,37)34(18-19-7-3-2-4-8-19)26-10-6-5-9-23(26)27(35)33-20-11-16-25(29)24(17-20)28(30,31)32/h2-17H,18H2,1H3,(H,33,35). The summed E-state index contributed by atoms with van der Waals surface area (Å²) in [6.45, 7) is -0.112. The molecule has 0 unspecified atom stereocenters. The minimum absolute atomic E-state index is 0.0398. The van der Waals surface area contributed by atoms with Gasteiger partial charge in [-0.3, -0.25) is 9.10 Å². The monoisotopic (exact) mass is 574 g/mol. The maximum atomic E-state index is 13.9. The summed E-state index contributed by atoms with van der Waals surface area (Å²) in [6, 6.07) is 23.5. The molecule has 11 heteroatoms. The molecular weight excluding hydrogens is 553 g/mol. The van der Waals surface area contributed by atoms with Crippen molar-refractivity contribution in [1.29, 1.82) is 0 Å². The Bertz CT molecular complexity index is 1580. The highest BCUT2D eigenvalue weighted by Crippen LogP contribution is 2.37. The van der Waals surface area contributed by atoms with Crippen molar-refractivity contribution < 1.29 is 31.1 Å². The molecule has 0 aliphatic carbocycles. The summed E-state index contributed by atoms with van der Waals surface area (Å²) in [7, 11) is -2.75. The SMILES string of the molecule is COc1ccc(S(=O)(=O)N(Cc2ccccc2)c2ccccc2C(=O)Nc2ccc(Cl)c(C(F)(F)F)c2)cc1. The maximum absolute atomic E-state index is 13.9. The average molecular weight is 575 g/mol. The van der Waals surface area contributed by atoms with Gasteiger partial charge in [0.1, 0.15) is 5.75 Å². The number of benzene rings is 4. The van der Waals surface area contributed by atoms with E-state index in [1.54, 1.807) is 36.4 Å². The summed E-state index contributed by atoms with van der Waals surface area (Å²) in [6.07, 6.45) is -4.73. The number of ether oxygens (including phenoxy) is 1. The van der Waals surface area contributed by atoms with Gasteiger partial charge in [-0.2, -0.15) is 13.2 Å².